The van der Waals surface area contributed by atoms with Gasteiger partial charge in [0, 0.05) is 6.42 Å². The quantitative estimate of drug-likeness (QED) is 0.441. The van der Waals surface area contributed by atoms with E-state index in [0.717, 1.165) is 0 Å². The van der Waals surface area contributed by atoms with Gasteiger partial charge in [-0.25, -0.2) is 0 Å². The second kappa shape index (κ2) is 4.57. The number of alkyl halides is 1. The Balaban J connectivity index is 3.72. The minimum Gasteiger partial charge on any atom is -0.298 e. The van der Waals surface area contributed by atoms with Gasteiger partial charge in [-0.2, -0.15) is 0 Å². The molecule has 0 N–H and O–H groups in total. The molecule has 0 spiro atoms. The molecule has 1 nitrogen and oxygen atoms in total. The van der Waals surface area contributed by atoms with Crippen molar-refractivity contribution >= 4 is 17.4 Å². The predicted molar refractivity (Wildman–Crippen MR) is 39.8 cm³/mol. The lowest BCUT2D eigenvalue weighted by Crippen LogP contribution is -2.09. The van der Waals surface area contributed by atoms with Crippen LogP contribution in [0.15, 0.2) is 12.2 Å². The average Bonchev–Trinajstić information content (AvgIpc) is 1.87. The van der Waals surface area contributed by atoms with Crippen LogP contribution in [0.4, 0.5) is 0 Å². The first kappa shape index (κ1) is 8.70. The van der Waals surface area contributed by atoms with Crippen LogP contribution < -0.4 is 0 Å². The number of carbonyl (C=O) groups excluding carboxylic acids is 1. The van der Waals surface area contributed by atoms with Crippen molar-refractivity contribution in [3.63, 3.8) is 0 Å². The predicted octanol–water partition coefficient (Wildman–Crippen LogP) is 2.15. The van der Waals surface area contributed by atoms with Crippen LogP contribution in [0.2, 0.25) is 0 Å². The fourth-order valence-electron chi connectivity index (χ4n) is 0.471. The van der Waals surface area contributed by atoms with E-state index in [-0.39, 0.29) is 5.78 Å². The van der Waals surface area contributed by atoms with Crippen molar-refractivity contribution in [2.24, 2.45) is 0 Å². The normalized spacial score (nSPS) is 14.1. The Morgan fingerprint density at radius 1 is 1.78 bits per heavy atom. The molecular formula is C7H11ClO. The maximum atomic E-state index is 10.7. The van der Waals surface area contributed by atoms with Gasteiger partial charge in [-0.3, -0.25) is 4.79 Å². The van der Waals surface area contributed by atoms with Crippen LogP contribution in [0, 0.1) is 0 Å². The van der Waals surface area contributed by atoms with Crippen molar-refractivity contribution in [3.8, 4) is 0 Å². The van der Waals surface area contributed by atoms with E-state index in [1.54, 1.807) is 19.1 Å². The first-order chi connectivity index (χ1) is 4.22. The van der Waals surface area contributed by atoms with Crippen LogP contribution in [0.5, 0.6) is 0 Å². The van der Waals surface area contributed by atoms with Gasteiger partial charge in [-0.15, -0.1) is 11.6 Å². The number of hydrogen-bond acceptors (Lipinski definition) is 1. The molecule has 0 rings (SSSR count). The Kier molecular flexibility index (Phi) is 4.41. The van der Waals surface area contributed by atoms with Crippen molar-refractivity contribution in [1.82, 2.24) is 0 Å². The van der Waals surface area contributed by atoms with Crippen molar-refractivity contribution in [3.05, 3.63) is 12.2 Å². The number of rotatable bonds is 3. The molecule has 0 aromatic carbocycles. The summed E-state index contributed by atoms with van der Waals surface area (Å²) in [6.07, 6.45) is 3.98. The highest BCUT2D eigenvalue weighted by Crippen LogP contribution is 2.01. The zero-order valence-electron chi connectivity index (χ0n) is 5.73. The fourth-order valence-corrected chi connectivity index (χ4v) is 0.771. The van der Waals surface area contributed by atoms with E-state index >= 15 is 0 Å². The lowest BCUT2D eigenvalue weighted by Gasteiger charge is -1.97. The van der Waals surface area contributed by atoms with Crippen LogP contribution in [0.25, 0.3) is 0 Å². The first-order valence-corrected chi connectivity index (χ1v) is 3.45. The Labute approximate surface area is 60.7 Å². The monoisotopic (exact) mass is 146 g/mol. The third kappa shape index (κ3) is 3.31. The number of halogens is 1. The van der Waals surface area contributed by atoms with Gasteiger partial charge in [0.2, 0.25) is 0 Å². The minimum atomic E-state index is -0.417. The molecule has 0 aromatic heterocycles. The van der Waals surface area contributed by atoms with E-state index in [1.165, 1.54) is 0 Å². The maximum Gasteiger partial charge on any atom is 0.154 e. The van der Waals surface area contributed by atoms with Gasteiger partial charge in [-0.1, -0.05) is 19.1 Å². The number of hydrogen-bond donors (Lipinski definition) is 0. The molecule has 0 bridgehead atoms. The summed E-state index contributed by atoms with van der Waals surface area (Å²) < 4.78 is 0. The van der Waals surface area contributed by atoms with Gasteiger partial charge in [0.25, 0.3) is 0 Å². The van der Waals surface area contributed by atoms with Crippen LogP contribution in [0.1, 0.15) is 20.3 Å². The third-order valence-electron chi connectivity index (χ3n) is 1.02. The Hall–Kier alpha value is -0.300. The standard InChI is InChI=1S/C7H11ClO/c1-3-5-6(8)7(9)4-2/h3,5-6H,4H2,1-2H3. The van der Waals surface area contributed by atoms with E-state index in [1.807, 2.05) is 6.92 Å². The molecule has 1 atom stereocenters. The number of carbonyl (C=O) groups is 1. The van der Waals surface area contributed by atoms with Crippen LogP contribution in [0.3, 0.4) is 0 Å². The van der Waals surface area contributed by atoms with E-state index in [9.17, 15) is 4.79 Å². The molecule has 0 saturated heterocycles. The molecule has 0 aromatic rings. The molecule has 0 saturated carbocycles. The summed E-state index contributed by atoms with van der Waals surface area (Å²) in [5, 5.41) is -0.417. The van der Waals surface area contributed by atoms with E-state index in [2.05, 4.69) is 0 Å². The Morgan fingerprint density at radius 2 is 2.33 bits per heavy atom. The second-order valence-corrected chi connectivity index (χ2v) is 2.22. The third-order valence-corrected chi connectivity index (χ3v) is 1.41. The summed E-state index contributed by atoms with van der Waals surface area (Å²) in [6, 6.07) is 0. The Morgan fingerprint density at radius 3 is 2.67 bits per heavy atom. The summed E-state index contributed by atoms with van der Waals surface area (Å²) in [5.41, 5.74) is 0. The summed E-state index contributed by atoms with van der Waals surface area (Å²) >= 11 is 5.60. The highest BCUT2D eigenvalue weighted by Gasteiger charge is 2.06. The van der Waals surface area contributed by atoms with E-state index in [4.69, 9.17) is 11.6 Å². The average molecular weight is 147 g/mol. The van der Waals surface area contributed by atoms with Gasteiger partial charge >= 0.3 is 0 Å². The minimum absolute atomic E-state index is 0.0785. The van der Waals surface area contributed by atoms with Gasteiger partial charge in [0.1, 0.15) is 5.38 Å². The molecule has 0 amide bonds. The molecule has 52 valence electrons. The van der Waals surface area contributed by atoms with Gasteiger partial charge in [0.05, 0.1) is 0 Å². The summed E-state index contributed by atoms with van der Waals surface area (Å²) in [7, 11) is 0. The molecule has 1 unspecified atom stereocenters. The zero-order valence-corrected chi connectivity index (χ0v) is 6.48. The lowest BCUT2D eigenvalue weighted by atomic mass is 10.2. The Bertz CT molecular complexity index is 118. The van der Waals surface area contributed by atoms with E-state index in [0.29, 0.717) is 6.42 Å². The first-order valence-electron chi connectivity index (χ1n) is 3.02. The molecule has 2 heteroatoms. The molecule has 0 heterocycles. The van der Waals surface area contributed by atoms with Crippen molar-refractivity contribution in [2.75, 3.05) is 0 Å². The van der Waals surface area contributed by atoms with Gasteiger partial charge in [-0.05, 0) is 6.92 Å². The maximum absolute atomic E-state index is 10.7. The fraction of sp³-hybridized carbons (Fsp3) is 0.571. The molecule has 0 radical (unpaired) electrons. The second-order valence-electron chi connectivity index (χ2n) is 1.75. The SMILES string of the molecule is CC=CC(Cl)C(=O)CC. The smallest absolute Gasteiger partial charge is 0.154 e. The number of ketones is 1. The molecule has 9 heavy (non-hydrogen) atoms. The van der Waals surface area contributed by atoms with Gasteiger partial charge < -0.3 is 0 Å². The highest BCUT2D eigenvalue weighted by molar-refractivity contribution is 6.32. The summed E-state index contributed by atoms with van der Waals surface area (Å²) in [4.78, 5) is 10.7. The molecule has 0 fully saturated rings. The van der Waals surface area contributed by atoms with E-state index < -0.39 is 5.38 Å². The van der Waals surface area contributed by atoms with Crippen molar-refractivity contribution in [1.29, 1.82) is 0 Å². The molecule has 0 aliphatic rings. The largest absolute Gasteiger partial charge is 0.298 e. The number of Topliss-reactive ketones (excluding diaryl/α,β-unsaturated/α-hetero) is 1. The number of allylic oxidation sites excluding steroid dienone is 2. The highest BCUT2D eigenvalue weighted by atomic mass is 35.5. The van der Waals surface area contributed by atoms with Crippen molar-refractivity contribution in [2.45, 2.75) is 25.6 Å². The molecule has 0 aliphatic heterocycles. The van der Waals surface area contributed by atoms with Crippen LogP contribution in [-0.2, 0) is 4.79 Å². The van der Waals surface area contributed by atoms with Crippen LogP contribution >= 0.6 is 11.6 Å². The van der Waals surface area contributed by atoms with Crippen molar-refractivity contribution < 1.29 is 4.79 Å². The summed E-state index contributed by atoms with van der Waals surface area (Å²) in [6.45, 7) is 3.65. The molecule has 0 aliphatic carbocycles. The van der Waals surface area contributed by atoms with Crippen LogP contribution in [-0.4, -0.2) is 11.2 Å². The topological polar surface area (TPSA) is 17.1 Å². The summed E-state index contributed by atoms with van der Waals surface area (Å²) in [5.74, 6) is 0.0785. The molecular weight excluding hydrogens is 136 g/mol. The zero-order chi connectivity index (χ0) is 7.28. The lowest BCUT2D eigenvalue weighted by molar-refractivity contribution is -0.117. The van der Waals surface area contributed by atoms with Gasteiger partial charge in [0.15, 0.2) is 5.78 Å².